The smallest absolute Gasteiger partial charge is 0.336 e. The van der Waals surface area contributed by atoms with Gasteiger partial charge in [-0.3, -0.25) is 0 Å². The Hall–Kier alpha value is -1.84. The average molecular weight is 167 g/mol. The first-order valence-corrected chi connectivity index (χ1v) is 3.18. The van der Waals surface area contributed by atoms with Crippen molar-refractivity contribution < 1.29 is 19.8 Å². The Morgan fingerprint density at radius 1 is 0.917 bits per heavy atom. The predicted molar refractivity (Wildman–Crippen MR) is 40.4 cm³/mol. The van der Waals surface area contributed by atoms with Crippen LogP contribution in [0.3, 0.4) is 0 Å². The Kier molecular flexibility index (Phi) is 2.09. The molecular weight excluding hydrogens is 161 g/mol. The third kappa shape index (κ3) is 1.42. The summed E-state index contributed by atoms with van der Waals surface area (Å²) in [7, 11) is 0. The molecule has 0 saturated heterocycles. The van der Waals surface area contributed by atoms with E-state index in [-0.39, 0.29) is 11.1 Å². The summed E-state index contributed by atoms with van der Waals surface area (Å²) in [5.74, 6) is -2.46. The third-order valence-corrected chi connectivity index (χ3v) is 1.39. The van der Waals surface area contributed by atoms with Gasteiger partial charge in [-0.25, -0.2) is 9.59 Å². The van der Waals surface area contributed by atoms with Gasteiger partial charge in [0.1, 0.15) is 0 Å². The molecule has 0 amide bonds. The highest BCUT2D eigenvalue weighted by Crippen LogP contribution is 2.07. The molecule has 0 bridgehead atoms. The number of carbonyl (C=O) groups is 2. The topological polar surface area (TPSA) is 74.6 Å². The summed E-state index contributed by atoms with van der Waals surface area (Å²) in [6.45, 7) is 0. The number of aromatic carboxylic acids is 2. The summed E-state index contributed by atoms with van der Waals surface area (Å²) in [5, 5.41) is 17.1. The second-order valence-electron chi connectivity index (χ2n) is 2.16. The normalized spacial score (nSPS) is 9.33. The zero-order valence-electron chi connectivity index (χ0n) is 6.02. The third-order valence-electron chi connectivity index (χ3n) is 1.39. The number of rotatable bonds is 2. The largest absolute Gasteiger partial charge is 0.478 e. The van der Waals surface area contributed by atoms with E-state index in [0.717, 1.165) is 0 Å². The number of benzene rings is 1. The maximum Gasteiger partial charge on any atom is 0.336 e. The van der Waals surface area contributed by atoms with E-state index in [0.29, 0.717) is 0 Å². The van der Waals surface area contributed by atoms with Gasteiger partial charge in [0, 0.05) is 0 Å². The first-order valence-electron chi connectivity index (χ1n) is 3.18. The predicted octanol–water partition coefficient (Wildman–Crippen LogP) is 1.08. The Morgan fingerprint density at radius 3 is 1.50 bits per heavy atom. The van der Waals surface area contributed by atoms with Gasteiger partial charge in [0.05, 0.1) is 11.1 Å². The molecule has 0 aliphatic heterocycles. The van der Waals surface area contributed by atoms with E-state index in [4.69, 9.17) is 10.2 Å². The van der Waals surface area contributed by atoms with E-state index in [1.165, 1.54) is 24.3 Å². The van der Waals surface area contributed by atoms with E-state index in [1.807, 2.05) is 0 Å². The highest BCUT2D eigenvalue weighted by molar-refractivity contribution is 6.01. The van der Waals surface area contributed by atoms with Crippen molar-refractivity contribution in [2.24, 2.45) is 0 Å². The molecule has 0 radical (unpaired) electrons. The van der Waals surface area contributed by atoms with Gasteiger partial charge in [-0.1, -0.05) is 12.1 Å². The molecule has 0 spiro atoms. The number of hydrogen-bond donors (Lipinski definition) is 2. The fraction of sp³-hybridized carbons (Fsp3) is 0. The van der Waals surface area contributed by atoms with Crippen molar-refractivity contribution in [3.63, 3.8) is 0 Å². The van der Waals surface area contributed by atoms with Gasteiger partial charge in [-0.15, -0.1) is 0 Å². The molecule has 1 rings (SSSR count). The molecule has 0 unspecified atom stereocenters. The number of hydrogen-bond acceptors (Lipinski definition) is 2. The SMILES string of the molecule is O=C(O)c1ccccc1[13C](=O)O. The van der Waals surface area contributed by atoms with Crippen LogP contribution in [-0.2, 0) is 0 Å². The van der Waals surface area contributed by atoms with Crippen molar-refractivity contribution in [3.05, 3.63) is 35.4 Å². The lowest BCUT2D eigenvalue weighted by Crippen LogP contribution is -2.06. The molecular formula is C8H6O4. The Balaban J connectivity index is 3.27. The summed E-state index contributed by atoms with van der Waals surface area (Å²) in [6.07, 6.45) is 0. The van der Waals surface area contributed by atoms with Gasteiger partial charge in [-0.2, -0.15) is 0 Å². The van der Waals surface area contributed by atoms with Crippen LogP contribution in [0.25, 0.3) is 0 Å². The quantitative estimate of drug-likeness (QED) is 0.646. The first kappa shape index (κ1) is 8.26. The van der Waals surface area contributed by atoms with Crippen molar-refractivity contribution in [3.8, 4) is 0 Å². The Bertz CT molecular complexity index is 297. The lowest BCUT2D eigenvalue weighted by atomic mass is 10.1. The summed E-state index contributed by atoms with van der Waals surface area (Å²) >= 11 is 0. The second kappa shape index (κ2) is 3.04. The van der Waals surface area contributed by atoms with E-state index in [1.54, 1.807) is 0 Å². The molecule has 4 heteroatoms. The van der Waals surface area contributed by atoms with Gasteiger partial charge in [0.2, 0.25) is 0 Å². The van der Waals surface area contributed by atoms with Gasteiger partial charge in [0.25, 0.3) is 0 Å². The molecule has 0 atom stereocenters. The second-order valence-corrected chi connectivity index (χ2v) is 2.16. The van der Waals surface area contributed by atoms with E-state index in [9.17, 15) is 9.59 Å². The van der Waals surface area contributed by atoms with Gasteiger partial charge in [0.15, 0.2) is 0 Å². The van der Waals surface area contributed by atoms with Gasteiger partial charge < -0.3 is 10.2 Å². The van der Waals surface area contributed by atoms with Crippen molar-refractivity contribution in [2.75, 3.05) is 0 Å². The standard InChI is InChI=1S/C8H6O4/c9-7(10)5-3-1-2-4-6(5)8(11)12/h1-4H,(H,9,10)(H,11,12)/i7+1. The molecule has 0 aromatic heterocycles. The average Bonchev–Trinajstić information content (AvgIpc) is 2.04. The Morgan fingerprint density at radius 2 is 1.25 bits per heavy atom. The molecule has 1 aromatic carbocycles. The minimum absolute atomic E-state index is 0.190. The highest BCUT2D eigenvalue weighted by Gasteiger charge is 2.13. The molecule has 0 aliphatic rings. The summed E-state index contributed by atoms with van der Waals surface area (Å²) in [4.78, 5) is 20.9. The van der Waals surface area contributed by atoms with Crippen LogP contribution < -0.4 is 0 Å². The minimum Gasteiger partial charge on any atom is -0.478 e. The zero-order valence-corrected chi connectivity index (χ0v) is 6.02. The van der Waals surface area contributed by atoms with Crippen LogP contribution in [0.5, 0.6) is 0 Å². The summed E-state index contributed by atoms with van der Waals surface area (Å²) in [5.41, 5.74) is -0.380. The van der Waals surface area contributed by atoms with Crippen LogP contribution in [-0.4, -0.2) is 22.2 Å². The maximum atomic E-state index is 10.5. The van der Waals surface area contributed by atoms with Crippen LogP contribution in [0.4, 0.5) is 0 Å². The van der Waals surface area contributed by atoms with Crippen LogP contribution in [0, 0.1) is 0 Å². The fourth-order valence-corrected chi connectivity index (χ4v) is 0.856. The van der Waals surface area contributed by atoms with E-state index in [2.05, 4.69) is 0 Å². The minimum atomic E-state index is -1.23. The Labute approximate surface area is 68.1 Å². The van der Waals surface area contributed by atoms with Gasteiger partial charge >= 0.3 is 11.9 Å². The monoisotopic (exact) mass is 167 g/mol. The fourth-order valence-electron chi connectivity index (χ4n) is 0.856. The van der Waals surface area contributed by atoms with E-state index >= 15 is 0 Å². The lowest BCUT2D eigenvalue weighted by Gasteiger charge is -1.98. The number of carboxylic acid groups (broad SMARTS) is 2. The van der Waals surface area contributed by atoms with Crippen molar-refractivity contribution in [1.82, 2.24) is 0 Å². The van der Waals surface area contributed by atoms with Crippen LogP contribution in [0.1, 0.15) is 20.7 Å². The van der Waals surface area contributed by atoms with Crippen LogP contribution in [0.15, 0.2) is 24.3 Å². The first-order chi connectivity index (χ1) is 5.63. The van der Waals surface area contributed by atoms with Crippen LogP contribution in [0.2, 0.25) is 0 Å². The molecule has 0 saturated carbocycles. The van der Waals surface area contributed by atoms with Crippen LogP contribution >= 0.6 is 0 Å². The lowest BCUT2D eigenvalue weighted by molar-refractivity contribution is 0.0651. The number of carboxylic acids is 2. The molecule has 2 N–H and O–H groups in total. The van der Waals surface area contributed by atoms with Crippen molar-refractivity contribution in [2.45, 2.75) is 0 Å². The van der Waals surface area contributed by atoms with Crippen molar-refractivity contribution in [1.29, 1.82) is 0 Å². The molecule has 4 nitrogen and oxygen atoms in total. The maximum absolute atomic E-state index is 10.5. The van der Waals surface area contributed by atoms with Crippen molar-refractivity contribution >= 4 is 11.9 Å². The van der Waals surface area contributed by atoms with E-state index < -0.39 is 11.9 Å². The van der Waals surface area contributed by atoms with Gasteiger partial charge in [-0.05, 0) is 12.1 Å². The molecule has 12 heavy (non-hydrogen) atoms. The molecule has 0 fully saturated rings. The summed E-state index contributed by atoms with van der Waals surface area (Å²) in [6, 6.07) is 5.48. The zero-order chi connectivity index (χ0) is 9.14. The molecule has 0 heterocycles. The molecule has 0 aliphatic carbocycles. The molecule has 62 valence electrons. The molecule has 1 aromatic rings. The highest BCUT2D eigenvalue weighted by atomic mass is 16.5. The summed E-state index contributed by atoms with van der Waals surface area (Å²) < 4.78 is 0.